The Hall–Kier alpha value is -2.33. The van der Waals surface area contributed by atoms with E-state index in [1.165, 1.54) is 0 Å². The highest BCUT2D eigenvalue weighted by Gasteiger charge is 2.34. The number of rotatable bonds is 4. The standard InChI is InChI=1S/C19H21NO3/c21-18(20-13-7-8-14-20)23-15-19(22,16-9-3-1-4-10-16)17-11-5-2-6-12-17/h1-6,9-12,22H,7-8,13-15H2. The van der Waals surface area contributed by atoms with Crippen LogP contribution in [0.2, 0.25) is 0 Å². The molecular weight excluding hydrogens is 290 g/mol. The summed E-state index contributed by atoms with van der Waals surface area (Å²) in [6.07, 6.45) is 1.67. The summed E-state index contributed by atoms with van der Waals surface area (Å²) >= 11 is 0. The molecule has 0 unspecified atom stereocenters. The topological polar surface area (TPSA) is 49.8 Å². The second-order valence-electron chi connectivity index (χ2n) is 5.84. The first kappa shape index (κ1) is 15.6. The van der Waals surface area contributed by atoms with Crippen molar-refractivity contribution in [2.75, 3.05) is 19.7 Å². The first-order valence-electron chi connectivity index (χ1n) is 7.95. The van der Waals surface area contributed by atoms with Crippen LogP contribution in [-0.4, -0.2) is 35.8 Å². The Balaban J connectivity index is 1.82. The van der Waals surface area contributed by atoms with Gasteiger partial charge in [-0.2, -0.15) is 0 Å². The third-order valence-corrected chi connectivity index (χ3v) is 4.27. The van der Waals surface area contributed by atoms with E-state index in [9.17, 15) is 9.90 Å². The van der Waals surface area contributed by atoms with Crippen LogP contribution in [0, 0.1) is 0 Å². The highest BCUT2D eigenvalue weighted by Crippen LogP contribution is 2.30. The molecule has 4 nitrogen and oxygen atoms in total. The number of likely N-dealkylation sites (tertiary alicyclic amines) is 1. The highest BCUT2D eigenvalue weighted by molar-refractivity contribution is 5.68. The van der Waals surface area contributed by atoms with Gasteiger partial charge in [0.1, 0.15) is 12.2 Å². The van der Waals surface area contributed by atoms with E-state index in [-0.39, 0.29) is 12.7 Å². The lowest BCUT2D eigenvalue weighted by Gasteiger charge is -2.29. The lowest BCUT2D eigenvalue weighted by atomic mass is 9.87. The van der Waals surface area contributed by atoms with Gasteiger partial charge in [0, 0.05) is 13.1 Å². The minimum absolute atomic E-state index is 0.101. The van der Waals surface area contributed by atoms with E-state index in [1.807, 2.05) is 60.7 Å². The van der Waals surface area contributed by atoms with Gasteiger partial charge in [0.2, 0.25) is 0 Å². The molecule has 1 aliphatic rings. The van der Waals surface area contributed by atoms with Crippen LogP contribution in [-0.2, 0) is 10.3 Å². The summed E-state index contributed by atoms with van der Waals surface area (Å²) in [5.74, 6) is 0. The normalized spacial score (nSPS) is 14.7. The highest BCUT2D eigenvalue weighted by atomic mass is 16.6. The molecule has 0 atom stereocenters. The number of ether oxygens (including phenoxy) is 1. The molecule has 1 heterocycles. The van der Waals surface area contributed by atoms with Crippen LogP contribution < -0.4 is 0 Å². The third kappa shape index (κ3) is 3.37. The number of benzene rings is 2. The molecule has 23 heavy (non-hydrogen) atoms. The molecule has 0 spiro atoms. The average Bonchev–Trinajstić information content (AvgIpc) is 3.16. The van der Waals surface area contributed by atoms with Crippen molar-refractivity contribution in [2.24, 2.45) is 0 Å². The fraction of sp³-hybridized carbons (Fsp3) is 0.316. The molecule has 1 amide bonds. The van der Waals surface area contributed by atoms with Crippen molar-refractivity contribution in [1.82, 2.24) is 4.90 Å². The van der Waals surface area contributed by atoms with Gasteiger partial charge in [-0.15, -0.1) is 0 Å². The maximum Gasteiger partial charge on any atom is 0.409 e. The van der Waals surface area contributed by atoms with Crippen LogP contribution in [0.1, 0.15) is 24.0 Å². The predicted molar refractivity (Wildman–Crippen MR) is 88.0 cm³/mol. The zero-order chi connectivity index (χ0) is 16.1. The molecule has 2 aromatic rings. The Morgan fingerprint density at radius 1 is 0.957 bits per heavy atom. The lowest BCUT2D eigenvalue weighted by Crippen LogP contribution is -2.37. The second kappa shape index (κ2) is 6.84. The van der Waals surface area contributed by atoms with E-state index >= 15 is 0 Å². The molecule has 0 aliphatic carbocycles. The summed E-state index contributed by atoms with van der Waals surface area (Å²) in [4.78, 5) is 13.8. The smallest absolute Gasteiger partial charge is 0.409 e. The summed E-state index contributed by atoms with van der Waals surface area (Å²) in [5.41, 5.74) is 0.0681. The minimum atomic E-state index is -1.35. The Kier molecular flexibility index (Phi) is 4.63. The van der Waals surface area contributed by atoms with E-state index in [0.717, 1.165) is 25.9 Å². The molecule has 1 saturated heterocycles. The van der Waals surface area contributed by atoms with Crippen molar-refractivity contribution >= 4 is 6.09 Å². The van der Waals surface area contributed by atoms with Gasteiger partial charge in [-0.25, -0.2) is 4.79 Å². The average molecular weight is 311 g/mol. The molecule has 1 aliphatic heterocycles. The number of carbonyl (C=O) groups is 1. The maximum absolute atomic E-state index is 12.1. The van der Waals surface area contributed by atoms with Crippen molar-refractivity contribution in [3.63, 3.8) is 0 Å². The monoisotopic (exact) mass is 311 g/mol. The van der Waals surface area contributed by atoms with Crippen LogP contribution in [0.5, 0.6) is 0 Å². The van der Waals surface area contributed by atoms with Crippen molar-refractivity contribution in [1.29, 1.82) is 0 Å². The largest absolute Gasteiger partial charge is 0.446 e. The predicted octanol–water partition coefficient (Wildman–Crippen LogP) is 3.15. The number of aliphatic hydroxyl groups is 1. The number of hydrogen-bond donors (Lipinski definition) is 1. The van der Waals surface area contributed by atoms with E-state index < -0.39 is 5.60 Å². The van der Waals surface area contributed by atoms with Gasteiger partial charge in [0.05, 0.1) is 0 Å². The summed E-state index contributed by atoms with van der Waals surface area (Å²) in [5, 5.41) is 11.2. The number of nitrogens with zero attached hydrogens (tertiary/aromatic N) is 1. The lowest BCUT2D eigenvalue weighted by molar-refractivity contribution is -0.00300. The summed E-state index contributed by atoms with van der Waals surface area (Å²) in [6, 6.07) is 18.6. The number of hydrogen-bond acceptors (Lipinski definition) is 3. The van der Waals surface area contributed by atoms with Gasteiger partial charge in [0.25, 0.3) is 0 Å². The Labute approximate surface area is 136 Å². The quantitative estimate of drug-likeness (QED) is 0.943. The van der Waals surface area contributed by atoms with E-state index in [1.54, 1.807) is 4.90 Å². The molecule has 3 rings (SSSR count). The second-order valence-corrected chi connectivity index (χ2v) is 5.84. The molecule has 0 aromatic heterocycles. The third-order valence-electron chi connectivity index (χ3n) is 4.27. The number of amides is 1. The van der Waals surface area contributed by atoms with Crippen molar-refractivity contribution in [3.05, 3.63) is 71.8 Å². The van der Waals surface area contributed by atoms with Crippen LogP contribution in [0.4, 0.5) is 4.79 Å². The van der Waals surface area contributed by atoms with Crippen LogP contribution in [0.3, 0.4) is 0 Å². The molecule has 1 fully saturated rings. The molecule has 4 heteroatoms. The van der Waals surface area contributed by atoms with Crippen molar-refractivity contribution < 1.29 is 14.6 Å². The van der Waals surface area contributed by atoms with E-state index in [4.69, 9.17) is 4.74 Å². The fourth-order valence-corrected chi connectivity index (χ4v) is 2.92. The van der Waals surface area contributed by atoms with Crippen LogP contribution >= 0.6 is 0 Å². The molecule has 0 radical (unpaired) electrons. The zero-order valence-corrected chi connectivity index (χ0v) is 13.0. The van der Waals surface area contributed by atoms with E-state index in [0.29, 0.717) is 11.1 Å². The minimum Gasteiger partial charge on any atom is -0.446 e. The van der Waals surface area contributed by atoms with Gasteiger partial charge < -0.3 is 14.7 Å². The van der Waals surface area contributed by atoms with Crippen molar-refractivity contribution in [2.45, 2.75) is 18.4 Å². The summed E-state index contributed by atoms with van der Waals surface area (Å²) in [6.45, 7) is 1.36. The van der Waals surface area contributed by atoms with Gasteiger partial charge >= 0.3 is 6.09 Å². The molecule has 0 saturated carbocycles. The summed E-state index contributed by atoms with van der Waals surface area (Å²) in [7, 11) is 0. The van der Waals surface area contributed by atoms with Gasteiger partial charge in [-0.1, -0.05) is 60.7 Å². The Bertz CT molecular complexity index is 597. The molecule has 1 N–H and O–H groups in total. The number of carbonyl (C=O) groups excluding carboxylic acids is 1. The SMILES string of the molecule is O=C(OCC(O)(c1ccccc1)c1ccccc1)N1CCCC1. The fourth-order valence-electron chi connectivity index (χ4n) is 2.92. The van der Waals surface area contributed by atoms with Crippen LogP contribution in [0.15, 0.2) is 60.7 Å². The maximum atomic E-state index is 12.1. The first-order valence-corrected chi connectivity index (χ1v) is 7.95. The molecule has 0 bridgehead atoms. The Morgan fingerprint density at radius 2 is 1.43 bits per heavy atom. The first-order chi connectivity index (χ1) is 11.2. The van der Waals surface area contributed by atoms with Gasteiger partial charge in [0.15, 0.2) is 0 Å². The van der Waals surface area contributed by atoms with Crippen LogP contribution in [0.25, 0.3) is 0 Å². The molecular formula is C19H21NO3. The van der Waals surface area contributed by atoms with E-state index in [2.05, 4.69) is 0 Å². The zero-order valence-electron chi connectivity index (χ0n) is 13.0. The van der Waals surface area contributed by atoms with Crippen molar-refractivity contribution in [3.8, 4) is 0 Å². The van der Waals surface area contributed by atoms with Gasteiger partial charge in [-0.05, 0) is 24.0 Å². The van der Waals surface area contributed by atoms with Gasteiger partial charge in [-0.3, -0.25) is 0 Å². The Morgan fingerprint density at radius 3 is 1.91 bits per heavy atom. The molecule has 120 valence electrons. The summed E-state index contributed by atoms with van der Waals surface area (Å²) < 4.78 is 5.44. The molecule has 2 aromatic carbocycles.